The molecule has 1 heterocycles. The summed E-state index contributed by atoms with van der Waals surface area (Å²) in [5.74, 6) is 0.424. The molecule has 5 heteroatoms. The number of halogens is 1. The van der Waals surface area contributed by atoms with Crippen LogP contribution < -0.4 is 0 Å². The van der Waals surface area contributed by atoms with Crippen molar-refractivity contribution < 1.29 is 4.42 Å². The van der Waals surface area contributed by atoms with Gasteiger partial charge in [-0.1, -0.05) is 22.0 Å². The zero-order valence-corrected chi connectivity index (χ0v) is 9.23. The van der Waals surface area contributed by atoms with Crippen molar-refractivity contribution in [2.75, 3.05) is 0 Å². The second-order valence-corrected chi connectivity index (χ2v) is 3.42. The lowest BCUT2D eigenvalue weighted by molar-refractivity contribution is 0.568. The van der Waals surface area contributed by atoms with Gasteiger partial charge in [0.15, 0.2) is 0 Å². The fraction of sp³-hybridized carbons (Fsp3) is 0.100. The van der Waals surface area contributed by atoms with Gasteiger partial charge in [0, 0.05) is 10.9 Å². The van der Waals surface area contributed by atoms with Crippen molar-refractivity contribution in [1.82, 2.24) is 10.2 Å². The molecule has 0 saturated heterocycles. The Morgan fingerprint density at radius 2 is 2.33 bits per heavy atom. The molecule has 0 bridgehead atoms. The van der Waals surface area contributed by atoms with E-state index in [1.54, 1.807) is 6.07 Å². The van der Waals surface area contributed by atoms with E-state index in [1.165, 1.54) is 6.39 Å². The van der Waals surface area contributed by atoms with Crippen molar-refractivity contribution in [3.63, 3.8) is 0 Å². The first-order chi connectivity index (χ1) is 7.35. The van der Waals surface area contributed by atoms with Gasteiger partial charge in [-0.3, -0.25) is 0 Å². The van der Waals surface area contributed by atoms with Crippen molar-refractivity contribution >= 4 is 15.9 Å². The number of nitrogens with zero attached hydrogens (tertiary/aromatic N) is 3. The van der Waals surface area contributed by atoms with E-state index >= 15 is 0 Å². The van der Waals surface area contributed by atoms with Crippen LogP contribution in [0.5, 0.6) is 0 Å². The highest BCUT2D eigenvalue weighted by atomic mass is 79.9. The molecule has 0 unspecified atom stereocenters. The van der Waals surface area contributed by atoms with Gasteiger partial charge >= 0.3 is 0 Å². The summed E-state index contributed by atoms with van der Waals surface area (Å²) in [5.41, 5.74) is 2.32. The molecular formula is C10H6BrN3O. The van der Waals surface area contributed by atoms with E-state index in [0.29, 0.717) is 16.8 Å². The Morgan fingerprint density at radius 1 is 1.47 bits per heavy atom. The van der Waals surface area contributed by atoms with E-state index in [4.69, 9.17) is 9.68 Å². The molecule has 15 heavy (non-hydrogen) atoms. The minimum absolute atomic E-state index is 0.424. The standard InChI is InChI=1S/C10H6BrN3O/c11-4-8-2-1-7(3-9(8)5-12)10-14-13-6-15-10/h1-3,6H,4H2. The summed E-state index contributed by atoms with van der Waals surface area (Å²) in [6, 6.07) is 7.59. The van der Waals surface area contributed by atoms with E-state index in [0.717, 1.165) is 11.1 Å². The van der Waals surface area contributed by atoms with Crippen LogP contribution in [-0.2, 0) is 5.33 Å². The average molecular weight is 264 g/mol. The first-order valence-corrected chi connectivity index (χ1v) is 5.33. The number of hydrogen-bond acceptors (Lipinski definition) is 4. The SMILES string of the molecule is N#Cc1cc(-c2nnco2)ccc1CBr. The summed E-state index contributed by atoms with van der Waals surface area (Å²) < 4.78 is 5.05. The summed E-state index contributed by atoms with van der Waals surface area (Å²) in [6.07, 6.45) is 1.26. The molecule has 2 rings (SSSR count). The van der Waals surface area contributed by atoms with Gasteiger partial charge < -0.3 is 4.42 Å². The van der Waals surface area contributed by atoms with E-state index in [2.05, 4.69) is 32.2 Å². The highest BCUT2D eigenvalue weighted by Crippen LogP contribution is 2.21. The van der Waals surface area contributed by atoms with Crippen LogP contribution in [0.2, 0.25) is 0 Å². The molecule has 4 nitrogen and oxygen atoms in total. The van der Waals surface area contributed by atoms with E-state index in [1.807, 2.05) is 12.1 Å². The van der Waals surface area contributed by atoms with Crippen LogP contribution in [0.1, 0.15) is 11.1 Å². The van der Waals surface area contributed by atoms with Crippen LogP contribution in [0.3, 0.4) is 0 Å². The van der Waals surface area contributed by atoms with Crippen LogP contribution in [0.15, 0.2) is 29.0 Å². The zero-order chi connectivity index (χ0) is 10.7. The fourth-order valence-electron chi connectivity index (χ4n) is 1.23. The molecule has 0 aliphatic rings. The predicted octanol–water partition coefficient (Wildman–Crippen LogP) is 2.50. The van der Waals surface area contributed by atoms with Crippen molar-refractivity contribution in [3.8, 4) is 17.5 Å². The molecule has 2 aromatic rings. The summed E-state index contributed by atoms with van der Waals surface area (Å²) in [4.78, 5) is 0. The third-order valence-corrected chi connectivity index (χ3v) is 2.59. The Bertz CT molecular complexity index is 502. The number of alkyl halides is 1. The summed E-state index contributed by atoms with van der Waals surface area (Å²) in [6.45, 7) is 0. The molecule has 0 aliphatic carbocycles. The molecule has 0 fully saturated rings. The monoisotopic (exact) mass is 263 g/mol. The van der Waals surface area contributed by atoms with Crippen LogP contribution in [0.25, 0.3) is 11.5 Å². The third kappa shape index (κ3) is 1.90. The average Bonchev–Trinajstić information content (AvgIpc) is 2.81. The van der Waals surface area contributed by atoms with E-state index in [-0.39, 0.29) is 0 Å². The molecule has 1 aromatic carbocycles. The molecule has 74 valence electrons. The Morgan fingerprint density at radius 3 is 2.93 bits per heavy atom. The number of hydrogen-bond donors (Lipinski definition) is 0. The third-order valence-electron chi connectivity index (χ3n) is 1.98. The Hall–Kier alpha value is -1.67. The first-order valence-electron chi connectivity index (χ1n) is 4.20. The second kappa shape index (κ2) is 4.24. The number of benzene rings is 1. The Labute approximate surface area is 94.7 Å². The maximum atomic E-state index is 8.93. The second-order valence-electron chi connectivity index (χ2n) is 2.86. The van der Waals surface area contributed by atoms with Gasteiger partial charge in [-0.2, -0.15) is 5.26 Å². The zero-order valence-electron chi connectivity index (χ0n) is 7.64. The Kier molecular flexibility index (Phi) is 2.79. The maximum absolute atomic E-state index is 8.93. The van der Waals surface area contributed by atoms with Crippen LogP contribution in [0, 0.1) is 11.3 Å². The highest BCUT2D eigenvalue weighted by molar-refractivity contribution is 9.08. The van der Waals surface area contributed by atoms with Gasteiger partial charge in [-0.05, 0) is 17.7 Å². The highest BCUT2D eigenvalue weighted by Gasteiger charge is 2.07. The van der Waals surface area contributed by atoms with Gasteiger partial charge in [0.1, 0.15) is 0 Å². The maximum Gasteiger partial charge on any atom is 0.247 e. The van der Waals surface area contributed by atoms with Gasteiger partial charge in [0.05, 0.1) is 11.6 Å². The molecule has 0 saturated carbocycles. The Balaban J connectivity index is 2.49. The predicted molar refractivity (Wildman–Crippen MR) is 57.1 cm³/mol. The molecule has 1 aromatic heterocycles. The molecule has 0 N–H and O–H groups in total. The van der Waals surface area contributed by atoms with Gasteiger partial charge in [0.25, 0.3) is 0 Å². The molecule has 0 radical (unpaired) electrons. The summed E-state index contributed by atoms with van der Waals surface area (Å²) in [7, 11) is 0. The summed E-state index contributed by atoms with van der Waals surface area (Å²) in [5, 5.41) is 17.0. The topological polar surface area (TPSA) is 62.7 Å². The molecule has 0 amide bonds. The number of nitriles is 1. The number of rotatable bonds is 2. The lowest BCUT2D eigenvalue weighted by atomic mass is 10.1. The molecule has 0 aliphatic heterocycles. The molecular weight excluding hydrogens is 258 g/mol. The van der Waals surface area contributed by atoms with Crippen LogP contribution in [-0.4, -0.2) is 10.2 Å². The minimum Gasteiger partial charge on any atom is -0.423 e. The molecule has 0 atom stereocenters. The van der Waals surface area contributed by atoms with Crippen molar-refractivity contribution in [2.24, 2.45) is 0 Å². The van der Waals surface area contributed by atoms with Gasteiger partial charge in [0.2, 0.25) is 12.3 Å². The molecule has 0 spiro atoms. The van der Waals surface area contributed by atoms with Gasteiger partial charge in [-0.15, -0.1) is 10.2 Å². The minimum atomic E-state index is 0.424. The van der Waals surface area contributed by atoms with Crippen molar-refractivity contribution in [1.29, 1.82) is 5.26 Å². The smallest absolute Gasteiger partial charge is 0.247 e. The fourth-order valence-corrected chi connectivity index (χ4v) is 1.72. The van der Waals surface area contributed by atoms with E-state index < -0.39 is 0 Å². The van der Waals surface area contributed by atoms with Gasteiger partial charge in [-0.25, -0.2) is 0 Å². The quantitative estimate of drug-likeness (QED) is 0.782. The number of aromatic nitrogens is 2. The summed E-state index contributed by atoms with van der Waals surface area (Å²) >= 11 is 3.32. The first kappa shape index (κ1) is 9.87. The van der Waals surface area contributed by atoms with Crippen molar-refractivity contribution in [2.45, 2.75) is 5.33 Å². The lowest BCUT2D eigenvalue weighted by Gasteiger charge is -2.00. The van der Waals surface area contributed by atoms with Crippen LogP contribution in [0.4, 0.5) is 0 Å². The largest absolute Gasteiger partial charge is 0.423 e. The van der Waals surface area contributed by atoms with Crippen LogP contribution >= 0.6 is 15.9 Å². The van der Waals surface area contributed by atoms with E-state index in [9.17, 15) is 0 Å². The normalized spacial score (nSPS) is 9.87. The van der Waals surface area contributed by atoms with Crippen molar-refractivity contribution in [3.05, 3.63) is 35.7 Å². The lowest BCUT2D eigenvalue weighted by Crippen LogP contribution is -1.87.